The molecule has 0 spiro atoms. The first-order valence-corrected chi connectivity index (χ1v) is 4.61. The molecule has 0 fully saturated rings. The van der Waals surface area contributed by atoms with Gasteiger partial charge in [-0.1, -0.05) is 0 Å². The van der Waals surface area contributed by atoms with Gasteiger partial charge in [0.05, 0.1) is 17.4 Å². The molecule has 7 heteroatoms. The first kappa shape index (κ1) is 10.8. The lowest BCUT2D eigenvalue weighted by Crippen LogP contribution is -2.10. The largest absolute Gasteiger partial charge is 0.478 e. The average Bonchev–Trinajstić information content (AvgIpc) is 2.78. The van der Waals surface area contributed by atoms with Crippen molar-refractivity contribution in [2.75, 3.05) is 0 Å². The summed E-state index contributed by atoms with van der Waals surface area (Å²) < 4.78 is 1.27. The van der Waals surface area contributed by atoms with Crippen molar-refractivity contribution in [1.29, 1.82) is 0 Å². The molecule has 2 aromatic heterocycles. The number of carboxylic acid groups (broad SMARTS) is 1. The number of aromatic carboxylic acids is 1. The van der Waals surface area contributed by atoms with Gasteiger partial charge in [-0.15, -0.1) is 0 Å². The van der Waals surface area contributed by atoms with E-state index >= 15 is 0 Å². The minimum atomic E-state index is -1.12. The zero-order chi connectivity index (χ0) is 12.4. The third kappa shape index (κ3) is 1.98. The van der Waals surface area contributed by atoms with Gasteiger partial charge in [-0.05, 0) is 6.07 Å². The summed E-state index contributed by atoms with van der Waals surface area (Å²) in [7, 11) is 0. The fraction of sp³-hybridized carbons (Fsp3) is 0. The molecule has 0 atom stereocenters. The molecule has 0 saturated carbocycles. The first-order valence-electron chi connectivity index (χ1n) is 4.61. The fourth-order valence-electron chi connectivity index (χ4n) is 1.33. The summed E-state index contributed by atoms with van der Waals surface area (Å²) in [5.41, 5.74) is 5.60. The molecule has 0 aliphatic rings. The highest BCUT2D eigenvalue weighted by Gasteiger charge is 2.13. The molecule has 86 valence electrons. The number of nitrogens with two attached hydrogens (primary N) is 1. The summed E-state index contributed by atoms with van der Waals surface area (Å²) in [6.45, 7) is 0. The van der Waals surface area contributed by atoms with Crippen LogP contribution in [0.2, 0.25) is 0 Å². The number of pyridine rings is 1. The fourth-order valence-corrected chi connectivity index (χ4v) is 1.33. The topological polar surface area (TPSA) is 111 Å². The number of amides is 1. The SMILES string of the molecule is NC(=O)c1cnn(-c2ccncc2C(=O)O)c1. The Balaban J connectivity index is 2.52. The van der Waals surface area contributed by atoms with E-state index in [0.717, 1.165) is 0 Å². The van der Waals surface area contributed by atoms with Crippen LogP contribution in [0.5, 0.6) is 0 Å². The first-order chi connectivity index (χ1) is 8.09. The molecular weight excluding hydrogens is 224 g/mol. The van der Waals surface area contributed by atoms with E-state index in [-0.39, 0.29) is 11.1 Å². The van der Waals surface area contributed by atoms with Crippen molar-refractivity contribution in [3.63, 3.8) is 0 Å². The van der Waals surface area contributed by atoms with Crippen LogP contribution in [0.4, 0.5) is 0 Å². The highest BCUT2D eigenvalue weighted by Crippen LogP contribution is 2.13. The second-order valence-corrected chi connectivity index (χ2v) is 3.24. The van der Waals surface area contributed by atoms with Gasteiger partial charge < -0.3 is 10.8 Å². The number of carbonyl (C=O) groups excluding carboxylic acids is 1. The molecular formula is C10H8N4O3. The number of aromatic nitrogens is 3. The summed E-state index contributed by atoms with van der Waals surface area (Å²) >= 11 is 0. The Kier molecular flexibility index (Phi) is 2.57. The lowest BCUT2D eigenvalue weighted by molar-refractivity contribution is 0.0696. The van der Waals surface area contributed by atoms with Gasteiger partial charge in [0.1, 0.15) is 5.56 Å². The highest BCUT2D eigenvalue weighted by molar-refractivity contribution is 5.93. The van der Waals surface area contributed by atoms with Crippen LogP contribution in [0, 0.1) is 0 Å². The van der Waals surface area contributed by atoms with Crippen LogP contribution >= 0.6 is 0 Å². The summed E-state index contributed by atoms with van der Waals surface area (Å²) in [5.74, 6) is -1.74. The van der Waals surface area contributed by atoms with E-state index in [0.29, 0.717) is 5.69 Å². The van der Waals surface area contributed by atoms with Crippen molar-refractivity contribution in [2.24, 2.45) is 5.73 Å². The Morgan fingerprint density at radius 2 is 2.12 bits per heavy atom. The van der Waals surface area contributed by atoms with Gasteiger partial charge in [0, 0.05) is 18.6 Å². The Morgan fingerprint density at radius 1 is 1.35 bits per heavy atom. The van der Waals surface area contributed by atoms with Gasteiger partial charge in [0.25, 0.3) is 5.91 Å². The third-order valence-electron chi connectivity index (χ3n) is 2.14. The lowest BCUT2D eigenvalue weighted by atomic mass is 10.2. The molecule has 0 saturated heterocycles. The predicted molar refractivity (Wildman–Crippen MR) is 56.8 cm³/mol. The maximum atomic E-state index is 11.0. The van der Waals surface area contributed by atoms with Gasteiger partial charge >= 0.3 is 5.97 Å². The van der Waals surface area contributed by atoms with Gasteiger partial charge in [-0.2, -0.15) is 5.10 Å². The normalized spacial score (nSPS) is 10.1. The zero-order valence-corrected chi connectivity index (χ0v) is 8.57. The smallest absolute Gasteiger partial charge is 0.339 e. The van der Waals surface area contributed by atoms with Crippen LogP contribution in [-0.2, 0) is 0 Å². The van der Waals surface area contributed by atoms with E-state index in [9.17, 15) is 9.59 Å². The van der Waals surface area contributed by atoms with E-state index in [1.807, 2.05) is 0 Å². The molecule has 3 N–H and O–H groups in total. The van der Waals surface area contributed by atoms with E-state index in [2.05, 4.69) is 10.1 Å². The van der Waals surface area contributed by atoms with E-state index in [4.69, 9.17) is 10.8 Å². The Hall–Kier alpha value is -2.70. The minimum absolute atomic E-state index is 0.00776. The summed E-state index contributed by atoms with van der Waals surface area (Å²) in [4.78, 5) is 25.6. The second kappa shape index (κ2) is 4.05. The highest BCUT2D eigenvalue weighted by atomic mass is 16.4. The van der Waals surface area contributed by atoms with Crippen LogP contribution in [-0.4, -0.2) is 31.7 Å². The molecule has 0 aliphatic heterocycles. The van der Waals surface area contributed by atoms with Crippen molar-refractivity contribution in [3.05, 3.63) is 42.0 Å². The van der Waals surface area contributed by atoms with Crippen molar-refractivity contribution in [1.82, 2.24) is 14.8 Å². The number of nitrogens with zero attached hydrogens (tertiary/aromatic N) is 3. The lowest BCUT2D eigenvalue weighted by Gasteiger charge is -2.04. The molecule has 7 nitrogen and oxygen atoms in total. The van der Waals surface area contributed by atoms with Crippen molar-refractivity contribution in [2.45, 2.75) is 0 Å². The Morgan fingerprint density at radius 3 is 2.71 bits per heavy atom. The Bertz CT molecular complexity index is 591. The van der Waals surface area contributed by atoms with E-state index in [1.165, 1.54) is 35.5 Å². The van der Waals surface area contributed by atoms with Crippen LogP contribution in [0.1, 0.15) is 20.7 Å². The average molecular weight is 232 g/mol. The standard InChI is InChI=1S/C10H8N4O3/c11-9(15)6-3-13-14(5-6)8-1-2-12-4-7(8)10(16)17/h1-5H,(H2,11,15)(H,16,17). The van der Waals surface area contributed by atoms with Crippen molar-refractivity contribution < 1.29 is 14.7 Å². The van der Waals surface area contributed by atoms with E-state index < -0.39 is 11.9 Å². The number of carboxylic acids is 1. The number of carbonyl (C=O) groups is 2. The van der Waals surface area contributed by atoms with Gasteiger partial charge in [-0.3, -0.25) is 9.78 Å². The molecule has 0 unspecified atom stereocenters. The summed E-state index contributed by atoms with van der Waals surface area (Å²) in [6.07, 6.45) is 5.29. The number of rotatable bonds is 3. The second-order valence-electron chi connectivity index (χ2n) is 3.24. The van der Waals surface area contributed by atoms with Crippen molar-refractivity contribution >= 4 is 11.9 Å². The van der Waals surface area contributed by atoms with Gasteiger partial charge in [0.2, 0.25) is 0 Å². The maximum Gasteiger partial charge on any atom is 0.339 e. The van der Waals surface area contributed by atoms with Crippen LogP contribution in [0.3, 0.4) is 0 Å². The number of primary amides is 1. The monoisotopic (exact) mass is 232 g/mol. The summed E-state index contributed by atoms with van der Waals surface area (Å²) in [6, 6.07) is 1.49. The molecule has 0 aliphatic carbocycles. The van der Waals surface area contributed by atoms with Crippen LogP contribution in [0.15, 0.2) is 30.9 Å². The van der Waals surface area contributed by atoms with Gasteiger partial charge in [0.15, 0.2) is 0 Å². The minimum Gasteiger partial charge on any atom is -0.478 e. The molecule has 17 heavy (non-hydrogen) atoms. The van der Waals surface area contributed by atoms with Crippen molar-refractivity contribution in [3.8, 4) is 5.69 Å². The molecule has 0 aromatic carbocycles. The molecule has 0 radical (unpaired) electrons. The number of hydrogen-bond donors (Lipinski definition) is 2. The molecule has 2 aromatic rings. The van der Waals surface area contributed by atoms with Gasteiger partial charge in [-0.25, -0.2) is 9.48 Å². The Labute approximate surface area is 95.5 Å². The quantitative estimate of drug-likeness (QED) is 0.777. The molecule has 1 amide bonds. The maximum absolute atomic E-state index is 11.0. The number of hydrogen-bond acceptors (Lipinski definition) is 4. The molecule has 2 rings (SSSR count). The van der Waals surface area contributed by atoms with Crippen LogP contribution in [0.25, 0.3) is 5.69 Å². The predicted octanol–water partition coefficient (Wildman–Crippen LogP) is 0.0644. The van der Waals surface area contributed by atoms with E-state index in [1.54, 1.807) is 0 Å². The zero-order valence-electron chi connectivity index (χ0n) is 8.57. The summed E-state index contributed by atoms with van der Waals surface area (Å²) in [5, 5.41) is 12.8. The molecule has 0 bridgehead atoms. The molecule has 2 heterocycles. The van der Waals surface area contributed by atoms with Crippen LogP contribution < -0.4 is 5.73 Å². The third-order valence-corrected chi connectivity index (χ3v) is 2.14.